The van der Waals surface area contributed by atoms with Crippen molar-refractivity contribution in [3.8, 4) is 0 Å². The van der Waals surface area contributed by atoms with Crippen molar-refractivity contribution in [1.82, 2.24) is 9.97 Å². The Bertz CT molecular complexity index is 1250. The number of aryl methyl sites for hydroxylation is 1. The van der Waals surface area contributed by atoms with Gasteiger partial charge in [0, 0.05) is 34.4 Å². The van der Waals surface area contributed by atoms with E-state index in [-0.39, 0.29) is 6.61 Å². The molecule has 27 heavy (non-hydrogen) atoms. The molecule has 7 heteroatoms. The minimum absolute atomic E-state index is 0.0845. The molecule has 0 bridgehead atoms. The third kappa shape index (κ3) is 3.39. The maximum absolute atomic E-state index is 12.4. The molecule has 4 rings (SSSR count). The summed E-state index contributed by atoms with van der Waals surface area (Å²) in [5, 5.41) is 1.17. The Hall–Kier alpha value is -3.25. The molecule has 0 spiro atoms. The van der Waals surface area contributed by atoms with Crippen LogP contribution in [0, 0.1) is 6.92 Å². The minimum atomic E-state index is -0.526. The number of aromatic nitrogens is 2. The van der Waals surface area contributed by atoms with Crippen molar-refractivity contribution >= 4 is 39.6 Å². The van der Waals surface area contributed by atoms with E-state index in [1.807, 2.05) is 6.92 Å². The number of rotatable bonds is 3. The average molecular weight is 381 g/mol. The second-order valence-corrected chi connectivity index (χ2v) is 6.43. The summed E-state index contributed by atoms with van der Waals surface area (Å²) < 4.78 is 10.6. The number of carbonyl (C=O) groups is 1. The molecule has 0 N–H and O–H groups in total. The highest BCUT2D eigenvalue weighted by molar-refractivity contribution is 6.32. The van der Waals surface area contributed by atoms with Gasteiger partial charge >= 0.3 is 11.6 Å². The van der Waals surface area contributed by atoms with Crippen LogP contribution >= 0.6 is 11.6 Å². The topological polar surface area (TPSA) is 82.3 Å². The smallest absolute Gasteiger partial charge is 0.338 e. The standard InChI is InChI=1S/C20H13ClN2O4/c1-11-6-18-14(9-15(11)21)13(8-19(24)27-18)10-26-20(25)12-2-3-16-17(7-12)23-5-4-22-16/h2-9H,10H2,1H3. The molecular formula is C20H13ClN2O4. The fraction of sp³-hybridized carbons (Fsp3) is 0.100. The molecule has 134 valence electrons. The normalized spacial score (nSPS) is 11.0. The summed E-state index contributed by atoms with van der Waals surface area (Å²) in [7, 11) is 0. The van der Waals surface area contributed by atoms with Crippen LogP contribution in [0.5, 0.6) is 0 Å². The fourth-order valence-electron chi connectivity index (χ4n) is 2.78. The van der Waals surface area contributed by atoms with Crippen molar-refractivity contribution in [2.24, 2.45) is 0 Å². The Morgan fingerprint density at radius 2 is 1.89 bits per heavy atom. The first-order valence-electron chi connectivity index (χ1n) is 8.12. The van der Waals surface area contributed by atoms with Crippen LogP contribution in [-0.4, -0.2) is 15.9 Å². The molecule has 0 aliphatic carbocycles. The molecule has 0 saturated carbocycles. The monoisotopic (exact) mass is 380 g/mol. The van der Waals surface area contributed by atoms with Crippen LogP contribution < -0.4 is 5.63 Å². The van der Waals surface area contributed by atoms with Crippen LogP contribution in [0.3, 0.4) is 0 Å². The van der Waals surface area contributed by atoms with Crippen LogP contribution in [0.1, 0.15) is 21.5 Å². The number of hydrogen-bond donors (Lipinski definition) is 0. The number of esters is 1. The summed E-state index contributed by atoms with van der Waals surface area (Å²) in [6.07, 6.45) is 3.14. The fourth-order valence-corrected chi connectivity index (χ4v) is 2.95. The number of ether oxygens (including phenoxy) is 1. The lowest BCUT2D eigenvalue weighted by Gasteiger charge is -2.09. The van der Waals surface area contributed by atoms with Gasteiger partial charge in [-0.25, -0.2) is 9.59 Å². The van der Waals surface area contributed by atoms with Gasteiger partial charge in [-0.15, -0.1) is 0 Å². The van der Waals surface area contributed by atoms with E-state index in [1.54, 1.807) is 42.7 Å². The largest absolute Gasteiger partial charge is 0.457 e. The van der Waals surface area contributed by atoms with Crippen LogP contribution in [0.15, 0.2) is 58.0 Å². The first kappa shape index (κ1) is 17.2. The highest BCUT2D eigenvalue weighted by Crippen LogP contribution is 2.25. The van der Waals surface area contributed by atoms with Crippen LogP contribution in [0.25, 0.3) is 22.0 Å². The molecule has 2 heterocycles. The van der Waals surface area contributed by atoms with Gasteiger partial charge in [-0.3, -0.25) is 9.97 Å². The molecule has 0 amide bonds. The summed E-state index contributed by atoms with van der Waals surface area (Å²) in [5.74, 6) is -0.526. The maximum atomic E-state index is 12.4. The Morgan fingerprint density at radius 1 is 1.11 bits per heavy atom. The second-order valence-electron chi connectivity index (χ2n) is 6.02. The van der Waals surface area contributed by atoms with E-state index in [4.69, 9.17) is 20.8 Å². The molecule has 4 aromatic rings. The minimum Gasteiger partial charge on any atom is -0.457 e. The molecule has 0 unspecified atom stereocenters. The number of benzene rings is 2. The van der Waals surface area contributed by atoms with Gasteiger partial charge in [0.25, 0.3) is 0 Å². The van der Waals surface area contributed by atoms with Gasteiger partial charge in [0.1, 0.15) is 12.2 Å². The Labute approximate surface area is 158 Å². The average Bonchev–Trinajstić information content (AvgIpc) is 2.67. The zero-order chi connectivity index (χ0) is 19.0. The summed E-state index contributed by atoms with van der Waals surface area (Å²) in [4.78, 5) is 32.5. The number of hydrogen-bond acceptors (Lipinski definition) is 6. The van der Waals surface area contributed by atoms with E-state index in [9.17, 15) is 9.59 Å². The molecule has 2 aromatic carbocycles. The van der Waals surface area contributed by atoms with Crippen molar-refractivity contribution < 1.29 is 13.9 Å². The molecule has 0 radical (unpaired) electrons. The second kappa shape index (κ2) is 6.81. The Balaban J connectivity index is 1.63. The van der Waals surface area contributed by atoms with Crippen molar-refractivity contribution in [2.45, 2.75) is 13.5 Å². The molecular weight excluding hydrogens is 368 g/mol. The SMILES string of the molecule is Cc1cc2oc(=O)cc(COC(=O)c3ccc4nccnc4c3)c2cc1Cl. The predicted molar refractivity (Wildman–Crippen MR) is 101 cm³/mol. The predicted octanol–water partition coefficient (Wildman–Crippen LogP) is 4.06. The van der Waals surface area contributed by atoms with Gasteiger partial charge in [-0.1, -0.05) is 11.6 Å². The van der Waals surface area contributed by atoms with Crippen LogP contribution in [-0.2, 0) is 11.3 Å². The molecule has 0 aliphatic heterocycles. The zero-order valence-corrected chi connectivity index (χ0v) is 15.0. The molecule has 6 nitrogen and oxygen atoms in total. The molecule has 0 saturated heterocycles. The van der Waals surface area contributed by atoms with Crippen LogP contribution in [0.4, 0.5) is 0 Å². The summed E-state index contributed by atoms with van der Waals surface area (Å²) in [6.45, 7) is 1.73. The van der Waals surface area contributed by atoms with E-state index in [2.05, 4.69) is 9.97 Å². The number of carbonyl (C=O) groups excluding carboxylic acids is 1. The van der Waals surface area contributed by atoms with Gasteiger partial charge in [0.2, 0.25) is 0 Å². The van der Waals surface area contributed by atoms with E-state index in [1.165, 1.54) is 6.07 Å². The zero-order valence-electron chi connectivity index (χ0n) is 14.2. The maximum Gasteiger partial charge on any atom is 0.338 e. The summed E-state index contributed by atoms with van der Waals surface area (Å²) in [6, 6.07) is 9.62. The van der Waals surface area contributed by atoms with Gasteiger partial charge in [0.15, 0.2) is 0 Å². The molecule has 0 atom stereocenters. The van der Waals surface area contributed by atoms with E-state index < -0.39 is 11.6 Å². The van der Waals surface area contributed by atoms with Crippen molar-refractivity contribution in [2.75, 3.05) is 0 Å². The third-order valence-electron chi connectivity index (χ3n) is 4.17. The lowest BCUT2D eigenvalue weighted by atomic mass is 10.1. The van der Waals surface area contributed by atoms with Gasteiger partial charge in [-0.05, 0) is 42.8 Å². The highest BCUT2D eigenvalue weighted by atomic mass is 35.5. The highest BCUT2D eigenvalue weighted by Gasteiger charge is 2.13. The van der Waals surface area contributed by atoms with Gasteiger partial charge < -0.3 is 9.15 Å². The first-order chi connectivity index (χ1) is 13.0. The number of nitrogens with zero attached hydrogens (tertiary/aromatic N) is 2. The van der Waals surface area contributed by atoms with Crippen LogP contribution in [0.2, 0.25) is 5.02 Å². The van der Waals surface area contributed by atoms with Crippen molar-refractivity contribution in [3.63, 3.8) is 0 Å². The molecule has 0 aliphatic rings. The number of fused-ring (bicyclic) bond motifs is 2. The van der Waals surface area contributed by atoms with E-state index in [0.717, 1.165) is 5.56 Å². The Kier molecular flexibility index (Phi) is 4.33. The summed E-state index contributed by atoms with van der Waals surface area (Å²) >= 11 is 6.17. The lowest BCUT2D eigenvalue weighted by Crippen LogP contribution is -2.08. The van der Waals surface area contributed by atoms with Gasteiger partial charge in [-0.2, -0.15) is 0 Å². The van der Waals surface area contributed by atoms with E-state index in [0.29, 0.717) is 38.2 Å². The van der Waals surface area contributed by atoms with Crippen molar-refractivity contribution in [1.29, 1.82) is 0 Å². The molecule has 2 aromatic heterocycles. The quantitative estimate of drug-likeness (QED) is 0.394. The summed E-state index contributed by atoms with van der Waals surface area (Å²) in [5.41, 5.74) is 2.83. The molecule has 0 fully saturated rings. The Morgan fingerprint density at radius 3 is 2.70 bits per heavy atom. The first-order valence-corrected chi connectivity index (χ1v) is 8.50. The van der Waals surface area contributed by atoms with E-state index >= 15 is 0 Å². The number of halogens is 1. The third-order valence-corrected chi connectivity index (χ3v) is 4.58. The lowest BCUT2D eigenvalue weighted by molar-refractivity contribution is 0.0474. The van der Waals surface area contributed by atoms with Gasteiger partial charge in [0.05, 0.1) is 16.6 Å². The van der Waals surface area contributed by atoms with Crippen molar-refractivity contribution in [3.05, 3.63) is 80.9 Å².